The van der Waals surface area contributed by atoms with Gasteiger partial charge in [0.1, 0.15) is 11.3 Å². The van der Waals surface area contributed by atoms with E-state index in [4.69, 9.17) is 4.42 Å². The first-order chi connectivity index (χ1) is 8.33. The molecule has 0 aliphatic heterocycles. The van der Waals surface area contributed by atoms with Crippen LogP contribution in [0.15, 0.2) is 39.2 Å². The molecule has 6 heteroatoms. The van der Waals surface area contributed by atoms with Crippen LogP contribution in [0.3, 0.4) is 0 Å². The molecule has 0 N–H and O–H groups in total. The minimum Gasteiger partial charge on any atom is -0.465 e. The van der Waals surface area contributed by atoms with Gasteiger partial charge in [0.15, 0.2) is 0 Å². The zero-order valence-electron chi connectivity index (χ0n) is 8.61. The molecule has 0 atom stereocenters. The van der Waals surface area contributed by atoms with Gasteiger partial charge in [-0.2, -0.15) is 9.61 Å². The molecule has 0 saturated carbocycles. The minimum absolute atomic E-state index is 0.185. The van der Waals surface area contributed by atoms with Crippen molar-refractivity contribution in [3.8, 4) is 0 Å². The van der Waals surface area contributed by atoms with Crippen LogP contribution >= 0.6 is 11.3 Å². The van der Waals surface area contributed by atoms with E-state index in [9.17, 15) is 4.79 Å². The molecule has 84 valence electrons. The number of hydrogen-bond acceptors (Lipinski definition) is 5. The Morgan fingerprint density at radius 2 is 2.35 bits per heavy atom. The maximum atomic E-state index is 11.6. The van der Waals surface area contributed by atoms with Crippen LogP contribution in [-0.4, -0.2) is 14.6 Å². The molecule has 0 bridgehead atoms. The first-order valence-corrected chi connectivity index (χ1v) is 5.76. The third kappa shape index (κ3) is 1.90. The summed E-state index contributed by atoms with van der Waals surface area (Å²) >= 11 is 1.32. The molecule has 3 aromatic rings. The second-order valence-corrected chi connectivity index (χ2v) is 4.11. The van der Waals surface area contributed by atoms with E-state index in [1.54, 1.807) is 30.0 Å². The fraction of sp³-hybridized carbons (Fsp3) is 0. The minimum atomic E-state index is -0.185. The summed E-state index contributed by atoms with van der Waals surface area (Å²) in [6.07, 6.45) is 5.09. The molecule has 0 aliphatic carbocycles. The Balaban J connectivity index is 2.03. The molecule has 0 aromatic carbocycles. The van der Waals surface area contributed by atoms with Gasteiger partial charge in [-0.3, -0.25) is 4.79 Å². The fourth-order valence-corrected chi connectivity index (χ4v) is 2.04. The van der Waals surface area contributed by atoms with E-state index in [0.29, 0.717) is 10.7 Å². The standard InChI is InChI=1S/C11H7N3O2S/c15-10-6-8(3-4-9-2-1-5-16-9)13-11-14(10)12-7-17-11/h1-7H/b4-3+. The van der Waals surface area contributed by atoms with Crippen molar-refractivity contribution in [1.29, 1.82) is 0 Å². The highest BCUT2D eigenvalue weighted by Crippen LogP contribution is 2.08. The topological polar surface area (TPSA) is 60.4 Å². The van der Waals surface area contributed by atoms with Gasteiger partial charge in [0.2, 0.25) is 4.96 Å². The van der Waals surface area contributed by atoms with Crippen LogP contribution in [-0.2, 0) is 0 Å². The van der Waals surface area contributed by atoms with Crippen molar-refractivity contribution in [3.63, 3.8) is 0 Å². The van der Waals surface area contributed by atoms with Crippen molar-refractivity contribution in [1.82, 2.24) is 14.6 Å². The molecule has 17 heavy (non-hydrogen) atoms. The van der Waals surface area contributed by atoms with E-state index in [2.05, 4.69) is 10.1 Å². The van der Waals surface area contributed by atoms with Crippen LogP contribution in [0.4, 0.5) is 0 Å². The molecule has 3 aromatic heterocycles. The molecule has 0 saturated heterocycles. The predicted molar refractivity (Wildman–Crippen MR) is 64.8 cm³/mol. The van der Waals surface area contributed by atoms with Gasteiger partial charge in [0.25, 0.3) is 5.56 Å². The van der Waals surface area contributed by atoms with Crippen LogP contribution < -0.4 is 5.56 Å². The highest BCUT2D eigenvalue weighted by atomic mass is 32.1. The van der Waals surface area contributed by atoms with Gasteiger partial charge in [0.05, 0.1) is 12.0 Å². The second-order valence-electron chi connectivity index (χ2n) is 3.30. The Labute approximate surface area is 99.7 Å². The van der Waals surface area contributed by atoms with Crippen LogP contribution in [0, 0.1) is 0 Å². The van der Waals surface area contributed by atoms with Gasteiger partial charge in [-0.25, -0.2) is 4.98 Å². The van der Waals surface area contributed by atoms with Crippen LogP contribution in [0.25, 0.3) is 17.1 Å². The SMILES string of the molecule is O=c1cc(/C=C/c2ccco2)nc2scnn12. The second kappa shape index (κ2) is 3.99. The number of furan rings is 1. The molecule has 3 rings (SSSR count). The molecule has 5 nitrogen and oxygen atoms in total. The summed E-state index contributed by atoms with van der Waals surface area (Å²) in [5.74, 6) is 0.719. The van der Waals surface area contributed by atoms with Gasteiger partial charge < -0.3 is 4.42 Å². The molecule has 0 amide bonds. The maximum Gasteiger partial charge on any atom is 0.275 e. The summed E-state index contributed by atoms with van der Waals surface area (Å²) < 4.78 is 6.42. The average molecular weight is 245 g/mol. The predicted octanol–water partition coefficient (Wildman–Crippen LogP) is 1.91. The van der Waals surface area contributed by atoms with Crippen molar-refractivity contribution in [2.24, 2.45) is 0 Å². The maximum absolute atomic E-state index is 11.6. The zero-order chi connectivity index (χ0) is 11.7. The lowest BCUT2D eigenvalue weighted by molar-refractivity contribution is 0.557. The lowest BCUT2D eigenvalue weighted by atomic mass is 10.3. The molecular formula is C11H7N3O2S. The molecular weight excluding hydrogens is 238 g/mol. The van der Waals surface area contributed by atoms with E-state index in [1.807, 2.05) is 6.07 Å². The van der Waals surface area contributed by atoms with E-state index < -0.39 is 0 Å². The summed E-state index contributed by atoms with van der Waals surface area (Å²) in [5, 5.41) is 3.89. The Hall–Kier alpha value is -2.21. The quantitative estimate of drug-likeness (QED) is 0.692. The summed E-state index contributed by atoms with van der Waals surface area (Å²) in [5.41, 5.74) is 2.00. The van der Waals surface area contributed by atoms with Gasteiger partial charge in [-0.1, -0.05) is 11.3 Å². The largest absolute Gasteiger partial charge is 0.465 e. The smallest absolute Gasteiger partial charge is 0.275 e. The van der Waals surface area contributed by atoms with Crippen LogP contribution in [0.5, 0.6) is 0 Å². The fourth-order valence-electron chi connectivity index (χ4n) is 1.41. The Kier molecular flexibility index (Phi) is 2.34. The third-order valence-electron chi connectivity index (χ3n) is 2.17. The van der Waals surface area contributed by atoms with Gasteiger partial charge in [-0.15, -0.1) is 0 Å². The number of fused-ring (bicyclic) bond motifs is 1. The molecule has 0 unspecified atom stereocenters. The van der Waals surface area contributed by atoms with Gasteiger partial charge in [-0.05, 0) is 24.3 Å². The highest BCUT2D eigenvalue weighted by Gasteiger charge is 2.01. The summed E-state index contributed by atoms with van der Waals surface area (Å²) in [6.45, 7) is 0. The molecule has 0 spiro atoms. The van der Waals surface area contributed by atoms with E-state index >= 15 is 0 Å². The van der Waals surface area contributed by atoms with E-state index in [-0.39, 0.29) is 5.56 Å². The van der Waals surface area contributed by atoms with E-state index in [1.165, 1.54) is 21.9 Å². The van der Waals surface area contributed by atoms with Crippen molar-refractivity contribution >= 4 is 28.4 Å². The van der Waals surface area contributed by atoms with Crippen molar-refractivity contribution in [3.05, 3.63) is 51.8 Å². The molecule has 0 aliphatic rings. The lowest BCUT2D eigenvalue weighted by Crippen LogP contribution is -2.13. The highest BCUT2D eigenvalue weighted by molar-refractivity contribution is 7.14. The van der Waals surface area contributed by atoms with Crippen LogP contribution in [0.2, 0.25) is 0 Å². The first-order valence-electron chi connectivity index (χ1n) is 4.88. The van der Waals surface area contributed by atoms with Crippen LogP contribution in [0.1, 0.15) is 11.5 Å². The number of hydrogen-bond donors (Lipinski definition) is 0. The van der Waals surface area contributed by atoms with Gasteiger partial charge in [0, 0.05) is 6.07 Å². The number of aromatic nitrogens is 3. The van der Waals surface area contributed by atoms with Crippen molar-refractivity contribution < 1.29 is 4.42 Å². The number of rotatable bonds is 2. The summed E-state index contributed by atoms with van der Waals surface area (Å²) in [7, 11) is 0. The summed E-state index contributed by atoms with van der Waals surface area (Å²) in [4.78, 5) is 16.5. The molecule has 3 heterocycles. The summed E-state index contributed by atoms with van der Waals surface area (Å²) in [6, 6.07) is 5.06. The Morgan fingerprint density at radius 3 is 3.18 bits per heavy atom. The molecule has 0 fully saturated rings. The number of nitrogens with zero attached hydrogens (tertiary/aromatic N) is 3. The van der Waals surface area contributed by atoms with Crippen molar-refractivity contribution in [2.45, 2.75) is 0 Å². The van der Waals surface area contributed by atoms with Crippen molar-refractivity contribution in [2.75, 3.05) is 0 Å². The van der Waals surface area contributed by atoms with E-state index in [0.717, 1.165) is 5.76 Å². The average Bonchev–Trinajstić information content (AvgIpc) is 2.97. The Bertz CT molecular complexity index is 725. The lowest BCUT2D eigenvalue weighted by Gasteiger charge is -1.92. The molecule has 0 radical (unpaired) electrons. The third-order valence-corrected chi connectivity index (χ3v) is 2.84. The Morgan fingerprint density at radius 1 is 1.41 bits per heavy atom. The first kappa shape index (κ1) is 9.98. The van der Waals surface area contributed by atoms with Gasteiger partial charge >= 0.3 is 0 Å². The normalized spacial score (nSPS) is 11.5. The monoisotopic (exact) mass is 245 g/mol. The zero-order valence-corrected chi connectivity index (χ0v) is 9.42.